The number of sulfonamides is 1. The first kappa shape index (κ1) is 28.0. The van der Waals surface area contributed by atoms with Crippen molar-refractivity contribution in [3.63, 3.8) is 0 Å². The molecular weight excluding hydrogens is 498 g/mol. The summed E-state index contributed by atoms with van der Waals surface area (Å²) in [7, 11) is -3.79. The fourth-order valence-corrected chi connectivity index (χ4v) is 5.67. The van der Waals surface area contributed by atoms with Gasteiger partial charge in [-0.3, -0.25) is 13.9 Å². The molecule has 3 rings (SSSR count). The molecule has 0 aliphatic heterocycles. The number of amides is 2. The van der Waals surface area contributed by atoms with Gasteiger partial charge in [-0.2, -0.15) is 0 Å². The Morgan fingerprint density at radius 3 is 2.36 bits per heavy atom. The van der Waals surface area contributed by atoms with E-state index in [0.717, 1.165) is 41.8 Å². The third-order valence-corrected chi connectivity index (χ3v) is 8.33. The Morgan fingerprint density at radius 2 is 1.72 bits per heavy atom. The monoisotopic (exact) mass is 533 g/mol. The second-order valence-electron chi connectivity index (χ2n) is 9.50. The maximum absolute atomic E-state index is 13.6. The lowest BCUT2D eigenvalue weighted by molar-refractivity contribution is -0.139. The zero-order valence-corrected chi connectivity index (χ0v) is 22.8. The van der Waals surface area contributed by atoms with Gasteiger partial charge in [0, 0.05) is 17.6 Å². The second-order valence-corrected chi connectivity index (χ2v) is 11.8. The normalized spacial score (nSPS) is 15.2. The molecule has 9 heteroatoms. The van der Waals surface area contributed by atoms with E-state index in [4.69, 9.17) is 11.6 Å². The molecule has 7 nitrogen and oxygen atoms in total. The smallest absolute Gasteiger partial charge is 0.244 e. The Labute approximate surface area is 219 Å². The summed E-state index contributed by atoms with van der Waals surface area (Å²) in [4.78, 5) is 28.3. The molecule has 196 valence electrons. The fraction of sp³-hybridized carbons (Fsp3) is 0.481. The zero-order valence-electron chi connectivity index (χ0n) is 21.2. The number of nitrogens with one attached hydrogen (secondary N) is 1. The van der Waals surface area contributed by atoms with E-state index in [-0.39, 0.29) is 18.5 Å². The molecule has 1 N–H and O–H groups in total. The predicted molar refractivity (Wildman–Crippen MR) is 145 cm³/mol. The van der Waals surface area contributed by atoms with E-state index >= 15 is 0 Å². The largest absolute Gasteiger partial charge is 0.352 e. The molecule has 1 aliphatic rings. The van der Waals surface area contributed by atoms with Crippen molar-refractivity contribution in [3.8, 4) is 0 Å². The molecule has 2 amide bonds. The summed E-state index contributed by atoms with van der Waals surface area (Å²) in [5.41, 5.74) is 1.94. The van der Waals surface area contributed by atoms with Gasteiger partial charge in [-0.15, -0.1) is 0 Å². The minimum absolute atomic E-state index is 0.112. The number of nitrogens with zero attached hydrogens (tertiary/aromatic N) is 2. The van der Waals surface area contributed by atoms with Crippen molar-refractivity contribution in [1.82, 2.24) is 10.2 Å². The first-order chi connectivity index (χ1) is 17.1. The van der Waals surface area contributed by atoms with Crippen LogP contribution in [0.15, 0.2) is 48.5 Å². The van der Waals surface area contributed by atoms with E-state index in [2.05, 4.69) is 5.32 Å². The van der Waals surface area contributed by atoms with Gasteiger partial charge in [0.2, 0.25) is 21.8 Å². The lowest BCUT2D eigenvalue weighted by atomic mass is 9.95. The average Bonchev–Trinajstić information content (AvgIpc) is 2.85. The van der Waals surface area contributed by atoms with E-state index in [1.807, 2.05) is 30.3 Å². The van der Waals surface area contributed by atoms with Gasteiger partial charge in [0.05, 0.1) is 11.9 Å². The Bertz CT molecular complexity index is 1150. The molecule has 0 bridgehead atoms. The summed E-state index contributed by atoms with van der Waals surface area (Å²) in [6.07, 6.45) is 6.82. The molecule has 2 aromatic carbocycles. The van der Waals surface area contributed by atoms with Crippen LogP contribution < -0.4 is 9.62 Å². The molecular formula is C27H36ClN3O4S. The van der Waals surface area contributed by atoms with Crippen molar-refractivity contribution in [2.45, 2.75) is 64.5 Å². The van der Waals surface area contributed by atoms with Crippen LogP contribution in [-0.2, 0) is 26.0 Å². The molecule has 1 fully saturated rings. The molecule has 0 aromatic heterocycles. The third kappa shape index (κ3) is 7.46. The number of hydrogen-bond donors (Lipinski definition) is 1. The highest BCUT2D eigenvalue weighted by molar-refractivity contribution is 7.92. The highest BCUT2D eigenvalue weighted by atomic mass is 35.5. The number of carbonyl (C=O) groups excluding carboxylic acids is 2. The SMILES string of the molecule is Cc1c(Cl)cccc1N(CC(=O)N(CCc1ccccc1)[C@@H](C)C(=O)NC1CCCCC1)S(C)(=O)=O. The van der Waals surface area contributed by atoms with Crippen LogP contribution in [0.4, 0.5) is 5.69 Å². The Kier molecular flexibility index (Phi) is 9.79. The number of carbonyl (C=O) groups is 2. The minimum Gasteiger partial charge on any atom is -0.352 e. The van der Waals surface area contributed by atoms with Crippen LogP contribution in [0.3, 0.4) is 0 Å². The van der Waals surface area contributed by atoms with Crippen LogP contribution in [0.1, 0.15) is 50.2 Å². The summed E-state index contributed by atoms with van der Waals surface area (Å²) >= 11 is 6.24. The molecule has 0 heterocycles. The first-order valence-corrected chi connectivity index (χ1v) is 14.7. The molecule has 1 aliphatic carbocycles. The van der Waals surface area contributed by atoms with Crippen LogP contribution in [0.5, 0.6) is 0 Å². The maximum atomic E-state index is 13.6. The van der Waals surface area contributed by atoms with Crippen molar-refractivity contribution in [2.24, 2.45) is 0 Å². The van der Waals surface area contributed by atoms with E-state index in [1.54, 1.807) is 32.0 Å². The minimum atomic E-state index is -3.79. The summed E-state index contributed by atoms with van der Waals surface area (Å²) < 4.78 is 26.5. The van der Waals surface area contributed by atoms with Crippen LogP contribution >= 0.6 is 11.6 Å². The van der Waals surface area contributed by atoms with E-state index in [9.17, 15) is 18.0 Å². The summed E-state index contributed by atoms with van der Waals surface area (Å²) in [5, 5.41) is 3.51. The molecule has 1 saturated carbocycles. The van der Waals surface area contributed by atoms with Gasteiger partial charge in [-0.25, -0.2) is 8.42 Å². The number of benzene rings is 2. The number of hydrogen-bond acceptors (Lipinski definition) is 4. The van der Waals surface area contributed by atoms with Crippen molar-refractivity contribution in [1.29, 1.82) is 0 Å². The van der Waals surface area contributed by atoms with Crippen LogP contribution in [0.25, 0.3) is 0 Å². The van der Waals surface area contributed by atoms with Crippen molar-refractivity contribution < 1.29 is 18.0 Å². The van der Waals surface area contributed by atoms with Gasteiger partial charge >= 0.3 is 0 Å². The Morgan fingerprint density at radius 1 is 1.06 bits per heavy atom. The van der Waals surface area contributed by atoms with Crippen LogP contribution in [-0.4, -0.2) is 56.6 Å². The lowest BCUT2D eigenvalue weighted by Gasteiger charge is -2.33. The highest BCUT2D eigenvalue weighted by Crippen LogP contribution is 2.28. The molecule has 0 saturated heterocycles. The molecule has 0 spiro atoms. The quantitative estimate of drug-likeness (QED) is 0.492. The van der Waals surface area contributed by atoms with Gasteiger partial charge in [-0.05, 0) is 56.4 Å². The third-order valence-electron chi connectivity index (χ3n) is 6.79. The lowest BCUT2D eigenvalue weighted by Crippen LogP contribution is -2.53. The predicted octanol–water partition coefficient (Wildman–Crippen LogP) is 4.32. The Balaban J connectivity index is 1.84. The van der Waals surface area contributed by atoms with E-state index < -0.39 is 28.5 Å². The van der Waals surface area contributed by atoms with Crippen molar-refractivity contribution >= 4 is 39.1 Å². The topological polar surface area (TPSA) is 86.8 Å². The van der Waals surface area contributed by atoms with Gasteiger partial charge in [0.1, 0.15) is 12.6 Å². The summed E-state index contributed by atoms with van der Waals surface area (Å²) in [6, 6.07) is 14.0. The van der Waals surface area contributed by atoms with Crippen LogP contribution in [0, 0.1) is 6.92 Å². The Hall–Kier alpha value is -2.58. The number of anilines is 1. The summed E-state index contributed by atoms with van der Waals surface area (Å²) in [6.45, 7) is 3.29. The summed E-state index contributed by atoms with van der Waals surface area (Å²) in [5.74, 6) is -0.657. The van der Waals surface area contributed by atoms with Gasteiger partial charge in [-0.1, -0.05) is 67.3 Å². The molecule has 2 aromatic rings. The second kappa shape index (κ2) is 12.6. The fourth-order valence-electron chi connectivity index (χ4n) is 4.60. The molecule has 0 unspecified atom stereocenters. The molecule has 36 heavy (non-hydrogen) atoms. The van der Waals surface area contributed by atoms with Crippen molar-refractivity contribution in [3.05, 3.63) is 64.7 Å². The van der Waals surface area contributed by atoms with E-state index in [1.165, 1.54) is 11.3 Å². The zero-order chi connectivity index (χ0) is 26.3. The standard InChI is InChI=1S/C27H36ClN3O4S/c1-20-24(28)15-10-16-25(20)31(36(3,34)35)19-26(32)30(18-17-22-11-6-4-7-12-22)21(2)27(33)29-23-13-8-5-9-14-23/h4,6-7,10-12,15-16,21,23H,5,8-9,13-14,17-19H2,1-3H3,(H,29,33)/t21-/m0/s1. The maximum Gasteiger partial charge on any atom is 0.244 e. The highest BCUT2D eigenvalue weighted by Gasteiger charge is 2.31. The van der Waals surface area contributed by atoms with Gasteiger partial charge in [0.15, 0.2) is 0 Å². The van der Waals surface area contributed by atoms with Crippen molar-refractivity contribution in [2.75, 3.05) is 23.7 Å². The van der Waals surface area contributed by atoms with Gasteiger partial charge < -0.3 is 10.2 Å². The van der Waals surface area contributed by atoms with Gasteiger partial charge in [0.25, 0.3) is 0 Å². The average molecular weight is 534 g/mol. The molecule has 1 atom stereocenters. The van der Waals surface area contributed by atoms with Crippen LogP contribution in [0.2, 0.25) is 5.02 Å². The molecule has 0 radical (unpaired) electrons. The number of rotatable bonds is 10. The van der Waals surface area contributed by atoms with E-state index in [0.29, 0.717) is 22.7 Å². The number of halogens is 1. The first-order valence-electron chi connectivity index (χ1n) is 12.4.